The van der Waals surface area contributed by atoms with Crippen molar-refractivity contribution >= 4 is 11.7 Å². The van der Waals surface area contributed by atoms with Gasteiger partial charge in [0.05, 0.1) is 18.2 Å². The number of carboxylic acid groups (broad SMARTS) is 1. The molecule has 70 valence electrons. The summed E-state index contributed by atoms with van der Waals surface area (Å²) in [5, 5.41) is 11.1. The Labute approximate surface area is 74.4 Å². The molecule has 0 aliphatic heterocycles. The monoisotopic (exact) mass is 183 g/mol. The molecule has 0 amide bonds. The predicted molar refractivity (Wildman–Crippen MR) is 42.9 cm³/mol. The van der Waals surface area contributed by atoms with Gasteiger partial charge >= 0.3 is 0 Å². The van der Waals surface area contributed by atoms with Crippen LogP contribution in [0.3, 0.4) is 0 Å². The number of hydrogen-bond donors (Lipinski definition) is 1. The number of halogens is 1. The first-order chi connectivity index (χ1) is 6.09. The normalized spacial score (nSPS) is 9.69. The van der Waals surface area contributed by atoms with Crippen LogP contribution in [0.15, 0.2) is 24.3 Å². The number of anilines is 1. The molecule has 1 aromatic rings. The van der Waals surface area contributed by atoms with E-state index in [2.05, 4.69) is 0 Å². The summed E-state index contributed by atoms with van der Waals surface area (Å²) in [5.41, 5.74) is 0.422. The van der Waals surface area contributed by atoms with Gasteiger partial charge in [-0.3, -0.25) is 0 Å². The standard InChI is InChI=1S/C8H9FN2O2/c9-6-1-3-7(4-2-6)11(10)5-8(12)13/h1-4H,5,10H2,(H,12,13)/p-1. The number of carbonyl (C=O) groups excluding carboxylic acids is 1. The third kappa shape index (κ3) is 2.72. The average molecular weight is 183 g/mol. The van der Waals surface area contributed by atoms with E-state index in [1.807, 2.05) is 0 Å². The number of carbonyl (C=O) groups is 1. The van der Waals surface area contributed by atoms with E-state index in [9.17, 15) is 14.3 Å². The molecule has 0 unspecified atom stereocenters. The number of hydrazine groups is 1. The number of rotatable bonds is 3. The Balaban J connectivity index is 2.71. The highest BCUT2D eigenvalue weighted by atomic mass is 19.1. The molecule has 0 saturated carbocycles. The maximum atomic E-state index is 12.4. The van der Waals surface area contributed by atoms with Gasteiger partial charge in [0.1, 0.15) is 5.82 Å². The van der Waals surface area contributed by atoms with E-state index in [-0.39, 0.29) is 0 Å². The largest absolute Gasteiger partial charge is 0.548 e. The highest BCUT2D eigenvalue weighted by Crippen LogP contribution is 2.10. The van der Waals surface area contributed by atoms with Gasteiger partial charge in [0.25, 0.3) is 0 Å². The van der Waals surface area contributed by atoms with Crippen LogP contribution in [-0.4, -0.2) is 12.5 Å². The zero-order valence-corrected chi connectivity index (χ0v) is 6.74. The summed E-state index contributed by atoms with van der Waals surface area (Å²) in [7, 11) is 0. The van der Waals surface area contributed by atoms with Crippen LogP contribution < -0.4 is 16.0 Å². The minimum atomic E-state index is -1.29. The van der Waals surface area contributed by atoms with E-state index in [1.54, 1.807) is 0 Å². The third-order valence-electron chi connectivity index (χ3n) is 1.46. The molecule has 13 heavy (non-hydrogen) atoms. The summed E-state index contributed by atoms with van der Waals surface area (Å²) in [4.78, 5) is 10.1. The average Bonchev–Trinajstić information content (AvgIpc) is 2.04. The second-order valence-electron chi connectivity index (χ2n) is 2.48. The van der Waals surface area contributed by atoms with Crippen molar-refractivity contribution in [3.05, 3.63) is 30.1 Å². The van der Waals surface area contributed by atoms with E-state index in [4.69, 9.17) is 5.84 Å². The number of hydrogen-bond acceptors (Lipinski definition) is 4. The van der Waals surface area contributed by atoms with Gasteiger partial charge in [0.15, 0.2) is 0 Å². The highest BCUT2D eigenvalue weighted by molar-refractivity contribution is 5.71. The molecule has 5 heteroatoms. The first-order valence-corrected chi connectivity index (χ1v) is 3.57. The molecule has 4 nitrogen and oxygen atoms in total. The van der Waals surface area contributed by atoms with Crippen LogP contribution in [0.25, 0.3) is 0 Å². The van der Waals surface area contributed by atoms with Gasteiger partial charge < -0.3 is 14.9 Å². The number of aliphatic carboxylic acids is 1. The topological polar surface area (TPSA) is 69.4 Å². The fourth-order valence-electron chi connectivity index (χ4n) is 0.863. The molecule has 0 saturated heterocycles. The molecule has 0 atom stereocenters. The lowest BCUT2D eigenvalue weighted by molar-refractivity contribution is -0.303. The number of nitrogens with zero attached hydrogens (tertiary/aromatic N) is 1. The third-order valence-corrected chi connectivity index (χ3v) is 1.46. The van der Waals surface area contributed by atoms with Gasteiger partial charge in [0.2, 0.25) is 0 Å². The second-order valence-corrected chi connectivity index (χ2v) is 2.48. The van der Waals surface area contributed by atoms with Crippen LogP contribution in [0, 0.1) is 5.82 Å². The van der Waals surface area contributed by atoms with Crippen LogP contribution in [0.5, 0.6) is 0 Å². The predicted octanol–water partition coefficient (Wildman–Crippen LogP) is -0.744. The summed E-state index contributed by atoms with van der Waals surface area (Å²) < 4.78 is 12.4. The van der Waals surface area contributed by atoms with Gasteiger partial charge in [-0.05, 0) is 24.3 Å². The smallest absolute Gasteiger partial charge is 0.123 e. The maximum Gasteiger partial charge on any atom is 0.123 e. The molecule has 0 radical (unpaired) electrons. The minimum absolute atomic E-state index is 0.398. The number of benzene rings is 1. The Bertz CT molecular complexity index is 300. The molecule has 0 aliphatic rings. The van der Waals surface area contributed by atoms with Crippen LogP contribution in [0.4, 0.5) is 10.1 Å². The van der Waals surface area contributed by atoms with Crippen molar-refractivity contribution < 1.29 is 14.3 Å². The van der Waals surface area contributed by atoms with Gasteiger partial charge in [-0.2, -0.15) is 0 Å². The van der Waals surface area contributed by atoms with Gasteiger partial charge in [-0.15, -0.1) is 0 Å². The summed E-state index contributed by atoms with van der Waals surface area (Å²) in [6.07, 6.45) is 0. The SMILES string of the molecule is NN(CC(=O)[O-])c1ccc(F)cc1. The quantitative estimate of drug-likeness (QED) is 0.494. The molecule has 1 rings (SSSR count). The van der Waals surface area contributed by atoms with Crippen molar-refractivity contribution in [2.45, 2.75) is 0 Å². The van der Waals surface area contributed by atoms with Crippen molar-refractivity contribution in [1.29, 1.82) is 0 Å². The molecule has 1 aromatic carbocycles. The van der Waals surface area contributed by atoms with Crippen LogP contribution in [0.1, 0.15) is 0 Å². The fraction of sp³-hybridized carbons (Fsp3) is 0.125. The molecule has 0 aliphatic carbocycles. The first kappa shape index (κ1) is 9.47. The lowest BCUT2D eigenvalue weighted by Gasteiger charge is -2.18. The van der Waals surface area contributed by atoms with E-state index >= 15 is 0 Å². The summed E-state index contributed by atoms with van der Waals surface area (Å²) in [5.74, 6) is 3.65. The lowest BCUT2D eigenvalue weighted by Crippen LogP contribution is -2.42. The molecular formula is C8H8FN2O2-. The second kappa shape index (κ2) is 3.86. The first-order valence-electron chi connectivity index (χ1n) is 3.57. The van der Waals surface area contributed by atoms with Crippen molar-refractivity contribution in [3.8, 4) is 0 Å². The highest BCUT2D eigenvalue weighted by Gasteiger charge is 2.00. The molecule has 2 N–H and O–H groups in total. The summed E-state index contributed by atoms with van der Waals surface area (Å²) in [6, 6.07) is 5.17. The maximum absolute atomic E-state index is 12.4. The Kier molecular flexibility index (Phi) is 2.81. The fourth-order valence-corrected chi connectivity index (χ4v) is 0.863. The Hall–Kier alpha value is -1.62. The van der Waals surface area contributed by atoms with Crippen LogP contribution in [-0.2, 0) is 4.79 Å². The zero-order chi connectivity index (χ0) is 9.84. The Morgan fingerprint density at radius 3 is 2.46 bits per heavy atom. The summed E-state index contributed by atoms with van der Waals surface area (Å²) >= 11 is 0. The molecular weight excluding hydrogens is 175 g/mol. The van der Waals surface area contributed by atoms with Crippen molar-refractivity contribution in [2.75, 3.05) is 11.6 Å². The minimum Gasteiger partial charge on any atom is -0.548 e. The zero-order valence-electron chi connectivity index (χ0n) is 6.74. The van der Waals surface area contributed by atoms with Crippen LogP contribution in [0.2, 0.25) is 0 Å². The molecule has 0 bridgehead atoms. The van der Waals surface area contributed by atoms with E-state index in [1.165, 1.54) is 24.3 Å². The van der Waals surface area contributed by atoms with Gasteiger partial charge in [-0.1, -0.05) is 0 Å². The van der Waals surface area contributed by atoms with Crippen molar-refractivity contribution in [1.82, 2.24) is 0 Å². The van der Waals surface area contributed by atoms with Crippen LogP contribution >= 0.6 is 0 Å². The van der Waals surface area contributed by atoms with E-state index in [0.717, 1.165) is 5.01 Å². The summed E-state index contributed by atoms with van der Waals surface area (Å²) in [6.45, 7) is -0.425. The Morgan fingerprint density at radius 2 is 2.00 bits per heavy atom. The Morgan fingerprint density at radius 1 is 1.46 bits per heavy atom. The van der Waals surface area contributed by atoms with E-state index in [0.29, 0.717) is 5.69 Å². The van der Waals surface area contributed by atoms with Gasteiger partial charge in [0, 0.05) is 0 Å². The van der Waals surface area contributed by atoms with Crippen molar-refractivity contribution in [2.24, 2.45) is 5.84 Å². The number of nitrogens with two attached hydrogens (primary N) is 1. The van der Waals surface area contributed by atoms with Crippen molar-refractivity contribution in [3.63, 3.8) is 0 Å². The van der Waals surface area contributed by atoms with E-state index < -0.39 is 18.3 Å². The lowest BCUT2D eigenvalue weighted by atomic mass is 10.3. The molecule has 0 heterocycles. The molecule has 0 spiro atoms. The molecule has 0 fully saturated rings. The molecule has 0 aromatic heterocycles. The number of carboxylic acids is 1. The van der Waals surface area contributed by atoms with Gasteiger partial charge in [-0.25, -0.2) is 10.2 Å².